The normalized spacial score (nSPS) is 14.9. The SMILES string of the molecule is O=C1C=CC(c2c3nc(c(C4=CC(=O)C(=O)C=C4)c4ccc([nH]4)c(-c4cccc(O)c4)c4nc(c(-c5cccc(O)c5)c5ccc2[nH]5)C=C4)C=C3)=CC1=O. The smallest absolute Gasteiger partial charge is 0.226 e. The Morgan fingerprint density at radius 2 is 0.778 bits per heavy atom. The number of allylic oxidation sites excluding steroid dienone is 8. The molecule has 8 bridgehead atoms. The molecule has 4 aliphatic rings. The van der Waals surface area contributed by atoms with Gasteiger partial charge in [0.05, 0.1) is 22.8 Å². The van der Waals surface area contributed by atoms with Crippen molar-refractivity contribution >= 4 is 80.7 Å². The van der Waals surface area contributed by atoms with Crippen LogP contribution in [-0.2, 0) is 19.2 Å². The number of benzene rings is 2. The third-order valence-corrected chi connectivity index (χ3v) is 9.49. The summed E-state index contributed by atoms with van der Waals surface area (Å²) < 4.78 is 0. The first kappa shape index (κ1) is 32.2. The highest BCUT2D eigenvalue weighted by atomic mass is 16.3. The van der Waals surface area contributed by atoms with Crippen molar-refractivity contribution in [2.45, 2.75) is 0 Å². The van der Waals surface area contributed by atoms with Crippen LogP contribution in [0.15, 0.2) is 109 Å². The van der Waals surface area contributed by atoms with Crippen molar-refractivity contribution < 1.29 is 29.4 Å². The maximum Gasteiger partial charge on any atom is 0.226 e. The predicted molar refractivity (Wildman–Crippen MR) is 207 cm³/mol. The van der Waals surface area contributed by atoms with Gasteiger partial charge in [0.1, 0.15) is 11.5 Å². The van der Waals surface area contributed by atoms with E-state index in [1.807, 2.05) is 48.6 Å². The van der Waals surface area contributed by atoms with E-state index in [2.05, 4.69) is 9.97 Å². The van der Waals surface area contributed by atoms with Crippen LogP contribution >= 0.6 is 0 Å². The van der Waals surface area contributed by atoms with Gasteiger partial charge in [-0.25, -0.2) is 9.97 Å². The number of nitrogens with one attached hydrogen (secondary N) is 2. The van der Waals surface area contributed by atoms with E-state index in [1.165, 1.54) is 24.3 Å². The Labute approximate surface area is 306 Å². The molecule has 54 heavy (non-hydrogen) atoms. The summed E-state index contributed by atoms with van der Waals surface area (Å²) in [7, 11) is 0. The Morgan fingerprint density at radius 1 is 0.407 bits per heavy atom. The van der Waals surface area contributed by atoms with Crippen molar-refractivity contribution in [3.63, 3.8) is 0 Å². The van der Waals surface area contributed by atoms with Gasteiger partial charge in [0.15, 0.2) is 0 Å². The number of rotatable bonds is 4. The average molecular weight is 707 g/mol. The van der Waals surface area contributed by atoms with E-state index < -0.39 is 23.1 Å². The molecule has 10 nitrogen and oxygen atoms in total. The zero-order valence-electron chi connectivity index (χ0n) is 28.1. The zero-order chi connectivity index (χ0) is 37.1. The molecule has 2 aliphatic heterocycles. The summed E-state index contributed by atoms with van der Waals surface area (Å²) in [5, 5.41) is 21.1. The number of nitrogens with zero attached hydrogens (tertiary/aromatic N) is 2. The van der Waals surface area contributed by atoms with Crippen LogP contribution in [0.5, 0.6) is 11.5 Å². The topological polar surface area (TPSA) is 166 Å². The highest BCUT2D eigenvalue weighted by Gasteiger charge is 2.23. The molecule has 0 fully saturated rings. The number of hydrogen-bond acceptors (Lipinski definition) is 8. The summed E-state index contributed by atoms with van der Waals surface area (Å²) in [6.07, 6.45) is 15.5. The third kappa shape index (κ3) is 5.55. The number of carbonyl (C=O) groups is 4. The average Bonchev–Trinajstić information content (AvgIpc) is 3.99. The molecule has 0 atom stereocenters. The quantitative estimate of drug-likeness (QED) is 0.107. The molecular weight excluding hydrogens is 681 g/mol. The second-order valence-corrected chi connectivity index (χ2v) is 12.9. The molecule has 4 N–H and O–H groups in total. The number of phenols is 2. The molecule has 3 aromatic heterocycles. The summed E-state index contributed by atoms with van der Waals surface area (Å²) in [4.78, 5) is 67.1. The van der Waals surface area contributed by atoms with Crippen molar-refractivity contribution in [2.24, 2.45) is 0 Å². The lowest BCUT2D eigenvalue weighted by Crippen LogP contribution is -2.12. The monoisotopic (exact) mass is 706 g/mol. The van der Waals surface area contributed by atoms with E-state index in [0.29, 0.717) is 89.4 Å². The number of aromatic hydroxyl groups is 2. The number of carbonyl (C=O) groups excluding carboxylic acids is 4. The number of H-pyrrole nitrogens is 2. The fourth-order valence-corrected chi connectivity index (χ4v) is 7.07. The van der Waals surface area contributed by atoms with Gasteiger partial charge in [0, 0.05) is 44.3 Å². The number of fused-ring (bicyclic) bond motifs is 8. The minimum atomic E-state index is -0.670. The summed E-state index contributed by atoms with van der Waals surface area (Å²) >= 11 is 0. The Hall–Kier alpha value is -7.72. The number of aromatic nitrogens is 4. The summed E-state index contributed by atoms with van der Waals surface area (Å²) in [5.74, 6) is -2.47. The van der Waals surface area contributed by atoms with Crippen LogP contribution < -0.4 is 0 Å². The van der Waals surface area contributed by atoms with Crippen molar-refractivity contribution in [2.75, 3.05) is 0 Å². The van der Waals surface area contributed by atoms with Gasteiger partial charge in [-0.2, -0.15) is 0 Å². The molecule has 0 radical (unpaired) electrons. The second kappa shape index (κ2) is 12.5. The Bertz CT molecular complexity index is 2740. The van der Waals surface area contributed by atoms with Crippen LogP contribution in [0.1, 0.15) is 33.9 Å². The fourth-order valence-electron chi connectivity index (χ4n) is 7.07. The number of aromatic amines is 2. The molecule has 0 saturated heterocycles. The largest absolute Gasteiger partial charge is 0.508 e. The van der Waals surface area contributed by atoms with Gasteiger partial charge >= 0.3 is 0 Å². The molecule has 5 heterocycles. The van der Waals surface area contributed by atoms with Gasteiger partial charge in [-0.05, 0) is 119 Å². The predicted octanol–water partition coefficient (Wildman–Crippen LogP) is 7.58. The van der Waals surface area contributed by atoms with Crippen LogP contribution in [0.3, 0.4) is 0 Å². The number of phenolic OH excluding ortho intramolecular Hbond substituents is 2. The maximum absolute atomic E-state index is 12.7. The van der Waals surface area contributed by atoms with Crippen LogP contribution in [0.2, 0.25) is 0 Å². The van der Waals surface area contributed by atoms with E-state index in [9.17, 15) is 29.4 Å². The minimum Gasteiger partial charge on any atom is -0.508 e. The standard InChI is InChI=1S/C44H26N4O6/c49-27-5-1-3-23(19-27)41-29-9-10-30(45-29)42(24-4-2-6-28(50)20-24)32-12-14-34(47-32)44(26-8-18-38(52)40(54)22-26)36-16-15-35(48-36)43(33-13-11-31(41)46-33)25-7-17-37(51)39(53)21-25/h1-22,46-47,49-50H. The van der Waals surface area contributed by atoms with Crippen LogP contribution in [0.4, 0.5) is 0 Å². The van der Waals surface area contributed by atoms with Crippen LogP contribution in [0, 0.1) is 0 Å². The van der Waals surface area contributed by atoms with Crippen molar-refractivity contribution in [3.8, 4) is 33.8 Å². The van der Waals surface area contributed by atoms with Crippen LogP contribution in [0.25, 0.3) is 79.8 Å². The number of hydrogen-bond donors (Lipinski definition) is 4. The van der Waals surface area contributed by atoms with Crippen LogP contribution in [-0.4, -0.2) is 53.3 Å². The van der Waals surface area contributed by atoms with Crippen molar-refractivity contribution in [3.05, 3.63) is 143 Å². The summed E-state index contributed by atoms with van der Waals surface area (Å²) in [6, 6.07) is 21.2. The van der Waals surface area contributed by atoms with Gasteiger partial charge in [-0.15, -0.1) is 0 Å². The molecule has 5 aromatic rings. The fraction of sp³-hybridized carbons (Fsp3) is 0. The van der Waals surface area contributed by atoms with Gasteiger partial charge in [0.25, 0.3) is 0 Å². The molecule has 0 spiro atoms. The number of ketones is 4. The van der Waals surface area contributed by atoms with Gasteiger partial charge in [-0.3, -0.25) is 19.2 Å². The Kier molecular flexibility index (Phi) is 7.45. The van der Waals surface area contributed by atoms with E-state index >= 15 is 0 Å². The molecule has 0 amide bonds. The molecular formula is C44H26N4O6. The molecule has 2 aliphatic carbocycles. The lowest BCUT2D eigenvalue weighted by atomic mass is 9.97. The van der Waals surface area contributed by atoms with E-state index in [0.717, 1.165) is 0 Å². The van der Waals surface area contributed by atoms with E-state index in [1.54, 1.807) is 60.7 Å². The summed E-state index contributed by atoms with van der Waals surface area (Å²) in [6.45, 7) is 0. The molecule has 0 saturated carbocycles. The Balaban J connectivity index is 1.47. The van der Waals surface area contributed by atoms with Gasteiger partial charge < -0.3 is 20.2 Å². The lowest BCUT2D eigenvalue weighted by Gasteiger charge is -2.09. The maximum atomic E-state index is 12.7. The molecule has 258 valence electrons. The van der Waals surface area contributed by atoms with E-state index in [-0.39, 0.29) is 11.5 Å². The first-order valence-electron chi connectivity index (χ1n) is 16.9. The van der Waals surface area contributed by atoms with Crippen molar-refractivity contribution in [1.29, 1.82) is 0 Å². The summed E-state index contributed by atoms with van der Waals surface area (Å²) in [5.41, 5.74) is 9.27. The first-order chi connectivity index (χ1) is 26.2. The van der Waals surface area contributed by atoms with Gasteiger partial charge in [-0.1, -0.05) is 36.4 Å². The molecule has 0 unspecified atom stereocenters. The highest BCUT2D eigenvalue weighted by Crippen LogP contribution is 2.38. The van der Waals surface area contributed by atoms with Gasteiger partial charge in [0.2, 0.25) is 23.1 Å². The van der Waals surface area contributed by atoms with Crippen molar-refractivity contribution in [1.82, 2.24) is 19.9 Å². The highest BCUT2D eigenvalue weighted by molar-refractivity contribution is 6.49. The minimum absolute atomic E-state index is 0.0686. The Morgan fingerprint density at radius 3 is 1.15 bits per heavy atom. The zero-order valence-corrected chi connectivity index (χ0v) is 28.1. The first-order valence-corrected chi connectivity index (χ1v) is 16.9. The second-order valence-electron chi connectivity index (χ2n) is 12.9. The third-order valence-electron chi connectivity index (χ3n) is 9.49. The molecule has 9 rings (SSSR count). The molecule has 10 heteroatoms. The lowest BCUT2D eigenvalue weighted by molar-refractivity contribution is -0.131. The van der Waals surface area contributed by atoms with E-state index in [4.69, 9.17) is 9.97 Å². The molecule has 2 aromatic carbocycles.